The molecule has 0 bridgehead atoms. The van der Waals surface area contributed by atoms with Crippen LogP contribution in [0, 0.1) is 0 Å². The molecular weight excluding hydrogens is 196 g/mol. The van der Waals surface area contributed by atoms with Crippen LogP contribution in [0.5, 0.6) is 0 Å². The van der Waals surface area contributed by atoms with E-state index in [2.05, 4.69) is 4.98 Å². The standard InChI is InChI=1S/C10H16N2OS/c1-8(11)9-4-2-5-12-10(9)14-7-3-6-13/h2,4-5,8,13H,3,6-7,11H2,1H3/t8-/m0/s1. The maximum atomic E-state index is 8.66. The Morgan fingerprint density at radius 2 is 2.43 bits per heavy atom. The molecule has 0 unspecified atom stereocenters. The minimum absolute atomic E-state index is 0.0142. The maximum Gasteiger partial charge on any atom is 0.101 e. The van der Waals surface area contributed by atoms with Crippen LogP contribution in [-0.2, 0) is 0 Å². The van der Waals surface area contributed by atoms with Gasteiger partial charge in [0.2, 0.25) is 0 Å². The second-order valence-corrected chi connectivity index (χ2v) is 4.20. The highest BCUT2D eigenvalue weighted by molar-refractivity contribution is 7.99. The van der Waals surface area contributed by atoms with E-state index in [0.717, 1.165) is 22.8 Å². The number of hydrogen-bond acceptors (Lipinski definition) is 4. The van der Waals surface area contributed by atoms with Gasteiger partial charge in [-0.05, 0) is 19.4 Å². The third-order valence-electron chi connectivity index (χ3n) is 1.83. The van der Waals surface area contributed by atoms with Crippen LogP contribution in [-0.4, -0.2) is 22.5 Å². The van der Waals surface area contributed by atoms with Crippen molar-refractivity contribution in [3.63, 3.8) is 0 Å². The van der Waals surface area contributed by atoms with E-state index in [0.29, 0.717) is 0 Å². The minimum atomic E-state index is 0.0142. The Labute approximate surface area is 88.7 Å². The molecule has 0 saturated carbocycles. The molecule has 1 atom stereocenters. The van der Waals surface area contributed by atoms with Crippen LogP contribution in [0.3, 0.4) is 0 Å². The quantitative estimate of drug-likeness (QED) is 0.574. The van der Waals surface area contributed by atoms with Crippen LogP contribution in [0.25, 0.3) is 0 Å². The summed E-state index contributed by atoms with van der Waals surface area (Å²) in [4.78, 5) is 4.27. The number of hydrogen-bond donors (Lipinski definition) is 2. The molecule has 0 saturated heterocycles. The first kappa shape index (κ1) is 11.5. The van der Waals surface area contributed by atoms with E-state index in [1.807, 2.05) is 19.1 Å². The van der Waals surface area contributed by atoms with Crippen LogP contribution in [0.2, 0.25) is 0 Å². The number of rotatable bonds is 5. The molecule has 0 aromatic carbocycles. The molecule has 0 radical (unpaired) electrons. The third-order valence-corrected chi connectivity index (χ3v) is 2.94. The molecule has 1 heterocycles. The van der Waals surface area contributed by atoms with Crippen molar-refractivity contribution in [2.45, 2.75) is 24.4 Å². The fourth-order valence-corrected chi connectivity index (χ4v) is 2.13. The zero-order chi connectivity index (χ0) is 10.4. The van der Waals surface area contributed by atoms with Gasteiger partial charge in [-0.2, -0.15) is 0 Å². The van der Waals surface area contributed by atoms with Gasteiger partial charge in [-0.1, -0.05) is 6.07 Å². The molecule has 0 fully saturated rings. The number of aromatic nitrogens is 1. The zero-order valence-electron chi connectivity index (χ0n) is 8.31. The summed E-state index contributed by atoms with van der Waals surface area (Å²) in [6.07, 6.45) is 2.56. The van der Waals surface area contributed by atoms with E-state index in [9.17, 15) is 0 Å². The Bertz CT molecular complexity index is 279. The number of aliphatic hydroxyl groups is 1. The van der Waals surface area contributed by atoms with Crippen molar-refractivity contribution >= 4 is 11.8 Å². The summed E-state index contributed by atoms with van der Waals surface area (Å²) in [6.45, 7) is 2.18. The topological polar surface area (TPSA) is 59.1 Å². The number of nitrogens with zero attached hydrogens (tertiary/aromatic N) is 1. The molecule has 78 valence electrons. The Balaban J connectivity index is 2.64. The average Bonchev–Trinajstić information content (AvgIpc) is 2.19. The molecular formula is C10H16N2OS. The number of aliphatic hydroxyl groups excluding tert-OH is 1. The minimum Gasteiger partial charge on any atom is -0.396 e. The van der Waals surface area contributed by atoms with E-state index >= 15 is 0 Å². The molecule has 3 nitrogen and oxygen atoms in total. The Morgan fingerprint density at radius 3 is 3.07 bits per heavy atom. The van der Waals surface area contributed by atoms with E-state index in [1.165, 1.54) is 0 Å². The Hall–Kier alpha value is -0.580. The number of thioether (sulfide) groups is 1. The highest BCUT2D eigenvalue weighted by Crippen LogP contribution is 2.24. The molecule has 1 aromatic heterocycles. The van der Waals surface area contributed by atoms with Gasteiger partial charge >= 0.3 is 0 Å². The predicted octanol–water partition coefficient (Wildman–Crippen LogP) is 1.58. The first-order valence-corrected chi connectivity index (χ1v) is 5.68. The largest absolute Gasteiger partial charge is 0.396 e. The van der Waals surface area contributed by atoms with Crippen LogP contribution < -0.4 is 5.73 Å². The lowest BCUT2D eigenvalue weighted by atomic mass is 10.2. The molecule has 14 heavy (non-hydrogen) atoms. The Morgan fingerprint density at radius 1 is 1.64 bits per heavy atom. The van der Waals surface area contributed by atoms with E-state index in [1.54, 1.807) is 18.0 Å². The third kappa shape index (κ3) is 3.29. The summed E-state index contributed by atoms with van der Waals surface area (Å²) < 4.78 is 0. The van der Waals surface area contributed by atoms with E-state index in [-0.39, 0.29) is 12.6 Å². The smallest absolute Gasteiger partial charge is 0.101 e. The number of nitrogens with two attached hydrogens (primary N) is 1. The van der Waals surface area contributed by atoms with Crippen molar-refractivity contribution in [3.8, 4) is 0 Å². The van der Waals surface area contributed by atoms with Crippen molar-refractivity contribution < 1.29 is 5.11 Å². The molecule has 3 N–H and O–H groups in total. The highest BCUT2D eigenvalue weighted by atomic mass is 32.2. The Kier molecular flexibility index (Phi) is 4.93. The lowest BCUT2D eigenvalue weighted by molar-refractivity contribution is 0.296. The molecule has 4 heteroatoms. The molecule has 0 amide bonds. The normalized spacial score (nSPS) is 12.8. The SMILES string of the molecule is C[C@H](N)c1cccnc1SCCCO. The second-order valence-electron chi connectivity index (χ2n) is 3.11. The van der Waals surface area contributed by atoms with Gasteiger partial charge in [0.25, 0.3) is 0 Å². The van der Waals surface area contributed by atoms with Gasteiger partial charge in [-0.15, -0.1) is 11.8 Å². The van der Waals surface area contributed by atoms with Gasteiger partial charge < -0.3 is 10.8 Å². The van der Waals surface area contributed by atoms with Crippen LogP contribution in [0.4, 0.5) is 0 Å². The fraction of sp³-hybridized carbons (Fsp3) is 0.500. The fourth-order valence-electron chi connectivity index (χ4n) is 1.10. The maximum absolute atomic E-state index is 8.66. The monoisotopic (exact) mass is 212 g/mol. The van der Waals surface area contributed by atoms with E-state index < -0.39 is 0 Å². The summed E-state index contributed by atoms with van der Waals surface area (Å²) in [5.74, 6) is 0.882. The lowest BCUT2D eigenvalue weighted by Crippen LogP contribution is -2.07. The molecule has 0 aliphatic carbocycles. The van der Waals surface area contributed by atoms with Crippen molar-refractivity contribution in [2.24, 2.45) is 5.73 Å². The molecule has 0 aliphatic rings. The van der Waals surface area contributed by atoms with Gasteiger partial charge in [-0.3, -0.25) is 0 Å². The van der Waals surface area contributed by atoms with Crippen molar-refractivity contribution in [2.75, 3.05) is 12.4 Å². The van der Waals surface area contributed by atoms with Gasteiger partial charge in [0, 0.05) is 30.2 Å². The molecule has 1 aromatic rings. The molecule has 1 rings (SSSR count). The van der Waals surface area contributed by atoms with Gasteiger partial charge in [0.05, 0.1) is 0 Å². The highest BCUT2D eigenvalue weighted by Gasteiger charge is 2.07. The van der Waals surface area contributed by atoms with Crippen molar-refractivity contribution in [3.05, 3.63) is 23.9 Å². The summed E-state index contributed by atoms with van der Waals surface area (Å²) in [7, 11) is 0. The second kappa shape index (κ2) is 6.01. The summed E-state index contributed by atoms with van der Waals surface area (Å²) in [5.41, 5.74) is 6.90. The van der Waals surface area contributed by atoms with Crippen molar-refractivity contribution in [1.29, 1.82) is 0 Å². The molecule has 0 aliphatic heterocycles. The van der Waals surface area contributed by atoms with Crippen molar-refractivity contribution in [1.82, 2.24) is 4.98 Å². The summed E-state index contributed by atoms with van der Waals surface area (Å²) in [6, 6.07) is 3.91. The van der Waals surface area contributed by atoms with Gasteiger partial charge in [0.1, 0.15) is 5.03 Å². The first-order valence-electron chi connectivity index (χ1n) is 4.70. The first-order chi connectivity index (χ1) is 6.75. The van der Waals surface area contributed by atoms with Crippen LogP contribution in [0.15, 0.2) is 23.4 Å². The van der Waals surface area contributed by atoms with Gasteiger partial charge in [-0.25, -0.2) is 4.98 Å². The summed E-state index contributed by atoms with van der Waals surface area (Å²) >= 11 is 1.65. The van der Waals surface area contributed by atoms with Gasteiger partial charge in [0.15, 0.2) is 0 Å². The zero-order valence-corrected chi connectivity index (χ0v) is 9.13. The average molecular weight is 212 g/mol. The van der Waals surface area contributed by atoms with Crippen LogP contribution in [0.1, 0.15) is 24.9 Å². The lowest BCUT2D eigenvalue weighted by Gasteiger charge is -2.10. The summed E-state index contributed by atoms with van der Waals surface area (Å²) in [5, 5.41) is 9.65. The molecule has 0 spiro atoms. The van der Waals surface area contributed by atoms with E-state index in [4.69, 9.17) is 10.8 Å². The van der Waals surface area contributed by atoms with Crippen LogP contribution >= 0.6 is 11.8 Å². The predicted molar refractivity (Wildman–Crippen MR) is 59.3 cm³/mol. The number of pyridine rings is 1.